The number of nitrogens with zero attached hydrogens (tertiary/aromatic N) is 1. The fourth-order valence-corrected chi connectivity index (χ4v) is 1.69. The maximum atomic E-state index is 11.7. The number of nitrogens with one attached hydrogen (secondary N) is 1. The minimum absolute atomic E-state index is 0.197. The maximum absolute atomic E-state index is 11.7. The van der Waals surface area contributed by atoms with Gasteiger partial charge >= 0.3 is 0 Å². The van der Waals surface area contributed by atoms with Gasteiger partial charge in [-0.1, -0.05) is 0 Å². The van der Waals surface area contributed by atoms with Crippen molar-refractivity contribution in [2.45, 2.75) is 12.8 Å². The van der Waals surface area contributed by atoms with E-state index in [9.17, 15) is 4.39 Å². The van der Waals surface area contributed by atoms with Crippen molar-refractivity contribution in [3.8, 4) is 0 Å². The van der Waals surface area contributed by atoms with E-state index in [1.807, 2.05) is 0 Å². The van der Waals surface area contributed by atoms with E-state index in [-0.39, 0.29) is 6.67 Å². The summed E-state index contributed by atoms with van der Waals surface area (Å²) in [5, 5.41) is 3.28. The summed E-state index contributed by atoms with van der Waals surface area (Å²) in [6.07, 6.45) is 1.95. The Labute approximate surface area is 74.1 Å². The van der Waals surface area contributed by atoms with Crippen LogP contribution in [-0.2, 0) is 0 Å². The first-order valence-corrected chi connectivity index (χ1v) is 4.78. The molecule has 0 aliphatic carbocycles. The molecule has 1 unspecified atom stereocenters. The highest BCUT2D eigenvalue weighted by atomic mass is 19.1. The first-order chi connectivity index (χ1) is 5.83. The summed E-state index contributed by atoms with van der Waals surface area (Å²) < 4.78 is 11.7. The zero-order valence-electron chi connectivity index (χ0n) is 7.85. The molecule has 0 aromatic rings. The predicted octanol–water partition coefficient (Wildman–Crippen LogP) is 0.887. The van der Waals surface area contributed by atoms with Crippen molar-refractivity contribution in [2.75, 3.05) is 39.9 Å². The van der Waals surface area contributed by atoms with Gasteiger partial charge in [0.1, 0.15) is 0 Å². The minimum Gasteiger partial charge on any atom is -0.316 e. The van der Waals surface area contributed by atoms with E-state index in [1.165, 1.54) is 19.5 Å². The van der Waals surface area contributed by atoms with Crippen LogP contribution < -0.4 is 5.32 Å². The highest BCUT2D eigenvalue weighted by Gasteiger charge is 2.18. The van der Waals surface area contributed by atoms with Gasteiger partial charge in [-0.25, -0.2) is 0 Å². The number of hydrogen-bond acceptors (Lipinski definition) is 2. The van der Waals surface area contributed by atoms with E-state index >= 15 is 0 Å². The number of halogens is 1. The SMILES string of the molecule is CN1CCC(CNCCCF)C1. The summed E-state index contributed by atoms with van der Waals surface area (Å²) >= 11 is 0. The number of alkyl halides is 1. The Balaban J connectivity index is 1.93. The normalized spacial score (nSPS) is 25.0. The standard InChI is InChI=1S/C9H19FN2/c1-12-6-3-9(8-12)7-11-5-2-4-10/h9,11H,2-8H2,1H3. The molecule has 1 aliphatic rings. The van der Waals surface area contributed by atoms with Gasteiger partial charge in [-0.3, -0.25) is 4.39 Å². The van der Waals surface area contributed by atoms with Crippen LogP contribution >= 0.6 is 0 Å². The van der Waals surface area contributed by atoms with Crippen molar-refractivity contribution in [1.82, 2.24) is 10.2 Å². The van der Waals surface area contributed by atoms with Crippen molar-refractivity contribution < 1.29 is 4.39 Å². The summed E-state index contributed by atoms with van der Waals surface area (Å²) in [4.78, 5) is 2.35. The Morgan fingerprint density at radius 3 is 3.00 bits per heavy atom. The van der Waals surface area contributed by atoms with Gasteiger partial charge in [0.2, 0.25) is 0 Å². The average molecular weight is 174 g/mol. The van der Waals surface area contributed by atoms with E-state index in [2.05, 4.69) is 17.3 Å². The van der Waals surface area contributed by atoms with Crippen molar-refractivity contribution in [1.29, 1.82) is 0 Å². The molecular weight excluding hydrogens is 155 g/mol. The Bertz CT molecular complexity index is 119. The zero-order chi connectivity index (χ0) is 8.81. The molecule has 1 rings (SSSR count). The monoisotopic (exact) mass is 174 g/mol. The smallest absolute Gasteiger partial charge is 0.0906 e. The van der Waals surface area contributed by atoms with Crippen LogP contribution in [0.25, 0.3) is 0 Å². The molecule has 1 saturated heterocycles. The topological polar surface area (TPSA) is 15.3 Å². The third-order valence-electron chi connectivity index (χ3n) is 2.41. The van der Waals surface area contributed by atoms with E-state index in [0.29, 0.717) is 6.42 Å². The van der Waals surface area contributed by atoms with Gasteiger partial charge in [0.15, 0.2) is 0 Å². The molecule has 1 aliphatic heterocycles. The van der Waals surface area contributed by atoms with Crippen LogP contribution in [0.1, 0.15) is 12.8 Å². The first-order valence-electron chi connectivity index (χ1n) is 4.78. The third-order valence-corrected chi connectivity index (χ3v) is 2.41. The van der Waals surface area contributed by atoms with Crippen LogP contribution in [0, 0.1) is 5.92 Å². The Morgan fingerprint density at radius 1 is 1.58 bits per heavy atom. The largest absolute Gasteiger partial charge is 0.316 e. The summed E-state index contributed by atoms with van der Waals surface area (Å²) in [5.74, 6) is 0.787. The molecule has 1 fully saturated rings. The molecule has 0 aromatic heterocycles. The van der Waals surface area contributed by atoms with Crippen LogP contribution in [0.2, 0.25) is 0 Å². The number of rotatable bonds is 5. The van der Waals surface area contributed by atoms with Gasteiger partial charge < -0.3 is 10.2 Å². The van der Waals surface area contributed by atoms with Gasteiger partial charge in [-0.15, -0.1) is 0 Å². The molecular formula is C9H19FN2. The van der Waals surface area contributed by atoms with Gasteiger partial charge in [0.05, 0.1) is 6.67 Å². The summed E-state index contributed by atoms with van der Waals surface area (Å²) in [6.45, 7) is 4.11. The van der Waals surface area contributed by atoms with Crippen LogP contribution in [0.3, 0.4) is 0 Å². The molecule has 0 saturated carbocycles. The fourth-order valence-electron chi connectivity index (χ4n) is 1.69. The van der Waals surface area contributed by atoms with Crippen LogP contribution in [0.5, 0.6) is 0 Å². The van der Waals surface area contributed by atoms with Crippen molar-refractivity contribution in [3.63, 3.8) is 0 Å². The lowest BCUT2D eigenvalue weighted by Gasteiger charge is -2.10. The first kappa shape index (κ1) is 9.93. The molecule has 1 heterocycles. The van der Waals surface area contributed by atoms with Crippen molar-refractivity contribution >= 4 is 0 Å². The average Bonchev–Trinajstić information content (AvgIpc) is 2.45. The van der Waals surface area contributed by atoms with Crippen molar-refractivity contribution in [2.24, 2.45) is 5.92 Å². The summed E-state index contributed by atoms with van der Waals surface area (Å²) in [7, 11) is 2.15. The molecule has 0 radical (unpaired) electrons. The Morgan fingerprint density at radius 2 is 2.42 bits per heavy atom. The van der Waals surface area contributed by atoms with E-state index < -0.39 is 0 Å². The second-order valence-electron chi connectivity index (χ2n) is 3.66. The molecule has 12 heavy (non-hydrogen) atoms. The van der Waals surface area contributed by atoms with Gasteiger partial charge in [-0.05, 0) is 45.4 Å². The molecule has 2 nitrogen and oxygen atoms in total. The third kappa shape index (κ3) is 3.50. The van der Waals surface area contributed by atoms with Gasteiger partial charge in [-0.2, -0.15) is 0 Å². The predicted molar refractivity (Wildman–Crippen MR) is 49.1 cm³/mol. The van der Waals surface area contributed by atoms with Crippen LogP contribution in [0.15, 0.2) is 0 Å². The van der Waals surface area contributed by atoms with Gasteiger partial charge in [0, 0.05) is 6.54 Å². The van der Waals surface area contributed by atoms with Crippen molar-refractivity contribution in [3.05, 3.63) is 0 Å². The molecule has 3 heteroatoms. The lowest BCUT2D eigenvalue weighted by atomic mass is 10.1. The van der Waals surface area contributed by atoms with Gasteiger partial charge in [0.25, 0.3) is 0 Å². The van der Waals surface area contributed by atoms with E-state index in [0.717, 1.165) is 19.0 Å². The highest BCUT2D eigenvalue weighted by Crippen LogP contribution is 2.12. The Hall–Kier alpha value is -0.150. The maximum Gasteiger partial charge on any atom is 0.0906 e. The van der Waals surface area contributed by atoms with E-state index in [1.54, 1.807) is 0 Å². The quantitative estimate of drug-likeness (QED) is 0.623. The molecule has 0 bridgehead atoms. The molecule has 0 spiro atoms. The molecule has 72 valence electrons. The second-order valence-corrected chi connectivity index (χ2v) is 3.66. The highest BCUT2D eigenvalue weighted by molar-refractivity contribution is 4.74. The molecule has 1 N–H and O–H groups in total. The lowest BCUT2D eigenvalue weighted by molar-refractivity contribution is 0.384. The minimum atomic E-state index is -0.197. The van der Waals surface area contributed by atoms with Crippen LogP contribution in [0.4, 0.5) is 4.39 Å². The Kier molecular flexibility index (Phi) is 4.54. The lowest BCUT2D eigenvalue weighted by Crippen LogP contribution is -2.26. The van der Waals surface area contributed by atoms with E-state index in [4.69, 9.17) is 0 Å². The number of likely N-dealkylation sites (tertiary alicyclic amines) is 1. The summed E-state index contributed by atoms with van der Waals surface area (Å²) in [5.41, 5.74) is 0. The molecule has 0 amide bonds. The van der Waals surface area contributed by atoms with Crippen LogP contribution in [-0.4, -0.2) is 44.8 Å². The fraction of sp³-hybridized carbons (Fsp3) is 1.00. The zero-order valence-corrected chi connectivity index (χ0v) is 7.85. The second kappa shape index (κ2) is 5.49. The molecule has 1 atom stereocenters. The summed E-state index contributed by atoms with van der Waals surface area (Å²) in [6, 6.07) is 0. The number of hydrogen-bond donors (Lipinski definition) is 1. The molecule has 0 aromatic carbocycles.